The third-order valence-electron chi connectivity index (χ3n) is 3.39. The van der Waals surface area contributed by atoms with E-state index in [4.69, 9.17) is 0 Å². The van der Waals surface area contributed by atoms with Crippen LogP contribution in [0.2, 0.25) is 0 Å². The highest BCUT2D eigenvalue weighted by Gasteiger charge is 2.40. The number of isocyanates is 2. The Bertz CT molecular complexity index is 402. The third kappa shape index (κ3) is 3.48. The van der Waals surface area contributed by atoms with E-state index in [-0.39, 0.29) is 16.7 Å². The van der Waals surface area contributed by atoms with Gasteiger partial charge in [0.15, 0.2) is 0 Å². The van der Waals surface area contributed by atoms with Crippen molar-refractivity contribution in [3.63, 3.8) is 0 Å². The van der Waals surface area contributed by atoms with E-state index in [1.807, 2.05) is 0 Å². The standard InChI is InChI=1S/C13H18N2O2/c1-12(2)5-4-11(6-14-9-16)13(3,7-12)8-15-10-17/h4-5,11H,6-8H2,1-3H3. The second-order valence-corrected chi connectivity index (χ2v) is 5.62. The summed E-state index contributed by atoms with van der Waals surface area (Å²) in [7, 11) is 0. The Balaban J connectivity index is 2.97. The van der Waals surface area contributed by atoms with E-state index in [9.17, 15) is 9.59 Å². The van der Waals surface area contributed by atoms with Crippen LogP contribution in [0.3, 0.4) is 0 Å². The van der Waals surface area contributed by atoms with Gasteiger partial charge in [0.05, 0.1) is 13.1 Å². The molecule has 2 unspecified atom stereocenters. The zero-order valence-electron chi connectivity index (χ0n) is 10.6. The smallest absolute Gasteiger partial charge is 0.211 e. The fraction of sp³-hybridized carbons (Fsp3) is 0.692. The van der Waals surface area contributed by atoms with Gasteiger partial charge < -0.3 is 0 Å². The van der Waals surface area contributed by atoms with Gasteiger partial charge in [0.1, 0.15) is 0 Å². The second kappa shape index (κ2) is 5.22. The van der Waals surface area contributed by atoms with Gasteiger partial charge in [-0.2, -0.15) is 0 Å². The molecule has 2 atom stereocenters. The van der Waals surface area contributed by atoms with Crippen LogP contribution in [-0.4, -0.2) is 25.2 Å². The molecule has 0 heterocycles. The van der Waals surface area contributed by atoms with Crippen molar-refractivity contribution in [1.29, 1.82) is 0 Å². The van der Waals surface area contributed by atoms with Gasteiger partial charge in [-0.05, 0) is 17.3 Å². The molecule has 0 aromatic heterocycles. The van der Waals surface area contributed by atoms with Crippen LogP contribution >= 0.6 is 0 Å². The van der Waals surface area contributed by atoms with Crippen LogP contribution in [0.1, 0.15) is 27.2 Å². The highest BCUT2D eigenvalue weighted by atomic mass is 16.1. The number of allylic oxidation sites excluding steroid dienone is 1. The summed E-state index contributed by atoms with van der Waals surface area (Å²) < 4.78 is 0. The number of aliphatic imine (C=N–C) groups is 2. The summed E-state index contributed by atoms with van der Waals surface area (Å²) >= 11 is 0. The summed E-state index contributed by atoms with van der Waals surface area (Å²) in [6, 6.07) is 0. The molecule has 1 aliphatic rings. The Morgan fingerprint density at radius 2 is 1.88 bits per heavy atom. The lowest BCUT2D eigenvalue weighted by Crippen LogP contribution is -2.38. The van der Waals surface area contributed by atoms with Crippen LogP contribution < -0.4 is 0 Å². The molecule has 0 saturated heterocycles. The molecule has 0 radical (unpaired) electrons. The van der Waals surface area contributed by atoms with Crippen molar-refractivity contribution in [2.24, 2.45) is 26.7 Å². The fourth-order valence-electron chi connectivity index (χ4n) is 2.64. The zero-order chi connectivity index (χ0) is 12.9. The van der Waals surface area contributed by atoms with Crippen molar-refractivity contribution < 1.29 is 9.59 Å². The molecule has 1 rings (SSSR count). The van der Waals surface area contributed by atoms with E-state index in [0.717, 1.165) is 6.42 Å². The first kappa shape index (κ1) is 13.6. The van der Waals surface area contributed by atoms with Crippen LogP contribution in [0.4, 0.5) is 0 Å². The molecule has 4 heteroatoms. The van der Waals surface area contributed by atoms with Gasteiger partial charge >= 0.3 is 0 Å². The van der Waals surface area contributed by atoms with E-state index in [2.05, 4.69) is 42.9 Å². The molecule has 0 aromatic rings. The monoisotopic (exact) mass is 234 g/mol. The Morgan fingerprint density at radius 3 is 2.47 bits per heavy atom. The van der Waals surface area contributed by atoms with Crippen LogP contribution in [0.25, 0.3) is 0 Å². The first-order valence-electron chi connectivity index (χ1n) is 5.70. The number of hydrogen-bond donors (Lipinski definition) is 0. The van der Waals surface area contributed by atoms with E-state index in [1.165, 1.54) is 0 Å². The first-order valence-corrected chi connectivity index (χ1v) is 5.70. The normalized spacial score (nSPS) is 30.2. The quantitative estimate of drug-likeness (QED) is 0.425. The molecule has 0 bridgehead atoms. The number of rotatable bonds is 4. The molecule has 0 saturated carbocycles. The van der Waals surface area contributed by atoms with Gasteiger partial charge in [0.2, 0.25) is 12.2 Å². The summed E-state index contributed by atoms with van der Waals surface area (Å²) in [5, 5.41) is 0. The van der Waals surface area contributed by atoms with Crippen molar-refractivity contribution in [2.45, 2.75) is 27.2 Å². The molecule has 0 aliphatic heterocycles. The summed E-state index contributed by atoms with van der Waals surface area (Å²) in [5.74, 6) is 0.120. The van der Waals surface area contributed by atoms with Gasteiger partial charge in [-0.25, -0.2) is 19.6 Å². The SMILES string of the molecule is CC1(C)C=CC(CN=C=O)C(C)(CN=C=O)C1. The first-order chi connectivity index (χ1) is 7.93. The maximum Gasteiger partial charge on any atom is 0.234 e. The topological polar surface area (TPSA) is 58.9 Å². The summed E-state index contributed by atoms with van der Waals surface area (Å²) in [4.78, 5) is 27.8. The van der Waals surface area contributed by atoms with Crippen LogP contribution in [0.15, 0.2) is 22.1 Å². The van der Waals surface area contributed by atoms with Gasteiger partial charge in [0.25, 0.3) is 0 Å². The van der Waals surface area contributed by atoms with Crippen LogP contribution in [0.5, 0.6) is 0 Å². The number of hydrogen-bond acceptors (Lipinski definition) is 4. The van der Waals surface area contributed by atoms with Crippen molar-refractivity contribution in [1.82, 2.24) is 0 Å². The van der Waals surface area contributed by atoms with Crippen LogP contribution in [0, 0.1) is 16.7 Å². The van der Waals surface area contributed by atoms with Crippen molar-refractivity contribution in [3.8, 4) is 0 Å². The second-order valence-electron chi connectivity index (χ2n) is 5.62. The molecule has 0 N–H and O–H groups in total. The Labute approximate surface area is 102 Å². The van der Waals surface area contributed by atoms with Gasteiger partial charge in [-0.15, -0.1) is 0 Å². The molecule has 0 amide bonds. The average Bonchev–Trinajstić information content (AvgIpc) is 2.24. The maximum atomic E-state index is 10.3. The molecular weight excluding hydrogens is 216 g/mol. The maximum absolute atomic E-state index is 10.3. The minimum Gasteiger partial charge on any atom is -0.211 e. The minimum atomic E-state index is -0.157. The van der Waals surface area contributed by atoms with E-state index < -0.39 is 0 Å². The molecule has 4 nitrogen and oxygen atoms in total. The molecule has 1 aliphatic carbocycles. The van der Waals surface area contributed by atoms with Crippen molar-refractivity contribution in [3.05, 3.63) is 12.2 Å². The predicted octanol–water partition coefficient (Wildman–Crippen LogP) is 2.27. The summed E-state index contributed by atoms with van der Waals surface area (Å²) in [6.07, 6.45) is 8.27. The third-order valence-corrected chi connectivity index (χ3v) is 3.39. The van der Waals surface area contributed by atoms with Crippen LogP contribution in [-0.2, 0) is 9.59 Å². The van der Waals surface area contributed by atoms with E-state index in [0.29, 0.717) is 13.1 Å². The summed E-state index contributed by atoms with van der Waals surface area (Å²) in [6.45, 7) is 7.19. The van der Waals surface area contributed by atoms with Crippen molar-refractivity contribution in [2.75, 3.05) is 13.1 Å². The molecule has 92 valence electrons. The Kier molecular flexibility index (Phi) is 4.17. The lowest BCUT2D eigenvalue weighted by Gasteiger charge is -2.43. The number of nitrogens with zero attached hydrogens (tertiary/aromatic N) is 2. The molecule has 0 aromatic carbocycles. The fourth-order valence-corrected chi connectivity index (χ4v) is 2.64. The van der Waals surface area contributed by atoms with Gasteiger partial charge in [-0.1, -0.05) is 32.9 Å². The predicted molar refractivity (Wildman–Crippen MR) is 65.1 cm³/mol. The molecular formula is C13H18N2O2. The Hall–Kier alpha value is -1.50. The molecule has 0 spiro atoms. The lowest BCUT2D eigenvalue weighted by atomic mass is 9.63. The lowest BCUT2D eigenvalue weighted by molar-refractivity contribution is 0.147. The van der Waals surface area contributed by atoms with Gasteiger partial charge in [0, 0.05) is 5.92 Å². The van der Waals surface area contributed by atoms with E-state index in [1.54, 1.807) is 12.2 Å². The summed E-state index contributed by atoms with van der Waals surface area (Å²) in [5.41, 5.74) is -0.0788. The van der Waals surface area contributed by atoms with Crippen molar-refractivity contribution >= 4 is 12.2 Å². The highest BCUT2D eigenvalue weighted by molar-refractivity contribution is 5.34. The highest BCUT2D eigenvalue weighted by Crippen LogP contribution is 2.45. The van der Waals surface area contributed by atoms with Gasteiger partial charge in [-0.3, -0.25) is 0 Å². The molecule has 17 heavy (non-hydrogen) atoms. The average molecular weight is 234 g/mol. The zero-order valence-corrected chi connectivity index (χ0v) is 10.6. The number of carbonyl (C=O) groups excluding carboxylic acids is 2. The largest absolute Gasteiger partial charge is 0.234 e. The molecule has 0 fully saturated rings. The Morgan fingerprint density at radius 1 is 1.24 bits per heavy atom. The van der Waals surface area contributed by atoms with E-state index >= 15 is 0 Å². The minimum absolute atomic E-state index is 0.0779.